The Balaban J connectivity index is 0.00000256. The summed E-state index contributed by atoms with van der Waals surface area (Å²) in [7, 11) is 1.25. The number of phenols is 1. The molecule has 0 fully saturated rings. The normalized spacial score (nSPS) is 11.5. The fourth-order valence-corrected chi connectivity index (χ4v) is 1.59. The lowest BCUT2D eigenvalue weighted by molar-refractivity contribution is -0.141. The van der Waals surface area contributed by atoms with Gasteiger partial charge in [0, 0.05) is 11.6 Å². The summed E-state index contributed by atoms with van der Waals surface area (Å²) in [6, 6.07) is 1.77. The molecule has 0 unspecified atom stereocenters. The predicted octanol–water partition coefficient (Wildman–Crippen LogP) is 2.28. The Bertz CT molecular complexity index is 417. The van der Waals surface area contributed by atoms with Gasteiger partial charge in [0.15, 0.2) is 0 Å². The van der Waals surface area contributed by atoms with Crippen LogP contribution in [0.3, 0.4) is 0 Å². The number of hydrogen-bond acceptors (Lipinski definition) is 4. The minimum Gasteiger partial charge on any atom is -0.506 e. The maximum Gasteiger partial charge on any atom is 0.307 e. The van der Waals surface area contributed by atoms with Crippen molar-refractivity contribution in [1.29, 1.82) is 0 Å². The number of ether oxygens (including phenoxy) is 1. The third-order valence-corrected chi connectivity index (χ3v) is 2.87. The van der Waals surface area contributed by atoms with Crippen molar-refractivity contribution in [1.82, 2.24) is 0 Å². The number of halogens is 3. The first-order chi connectivity index (χ1) is 7.47. The molecule has 0 saturated heterocycles. The number of nitrogens with two attached hydrogens (primary N) is 1. The van der Waals surface area contributed by atoms with Crippen LogP contribution in [-0.4, -0.2) is 18.2 Å². The largest absolute Gasteiger partial charge is 0.506 e. The molecule has 96 valence electrons. The summed E-state index contributed by atoms with van der Waals surface area (Å²) in [5.41, 5.74) is 5.98. The third kappa shape index (κ3) is 3.83. The van der Waals surface area contributed by atoms with Crippen molar-refractivity contribution >= 4 is 34.3 Å². The number of phenolic OH excluding ortho intramolecular Hbond substituents is 1. The molecule has 0 aliphatic carbocycles. The third-order valence-electron chi connectivity index (χ3n) is 2.11. The molecule has 17 heavy (non-hydrogen) atoms. The Kier molecular flexibility index (Phi) is 6.44. The number of esters is 1. The molecule has 0 saturated carbocycles. The Labute approximate surface area is 112 Å². The number of carbonyl (C=O) groups excluding carboxylic acids is 1. The molecule has 0 aliphatic rings. The van der Waals surface area contributed by atoms with Gasteiger partial charge in [-0.15, -0.1) is 12.4 Å². The first-order valence-corrected chi connectivity index (χ1v) is 5.26. The van der Waals surface area contributed by atoms with Gasteiger partial charge in [-0.3, -0.25) is 4.79 Å². The van der Waals surface area contributed by atoms with Crippen LogP contribution in [0.2, 0.25) is 0 Å². The lowest BCUT2D eigenvalue weighted by Gasteiger charge is -2.13. The standard InChI is InChI=1S/C10H11BrFNO3.ClH/c1-16-8(14)4-7(13)5-2-3-6(12)9(11)10(5)15;/h2-3,7,15H,4,13H2,1H3;1H/t7-;/m1./s1. The summed E-state index contributed by atoms with van der Waals surface area (Å²) in [5, 5.41) is 9.62. The summed E-state index contributed by atoms with van der Waals surface area (Å²) in [5.74, 6) is -1.38. The second-order valence-corrected chi connectivity index (χ2v) is 3.98. The van der Waals surface area contributed by atoms with Gasteiger partial charge in [-0.25, -0.2) is 4.39 Å². The molecule has 1 aromatic carbocycles. The van der Waals surface area contributed by atoms with E-state index < -0.39 is 17.8 Å². The van der Waals surface area contributed by atoms with Crippen molar-refractivity contribution in [3.8, 4) is 5.75 Å². The number of hydrogen-bond donors (Lipinski definition) is 2. The van der Waals surface area contributed by atoms with Crippen molar-refractivity contribution in [3.05, 3.63) is 28.0 Å². The molecule has 0 aromatic heterocycles. The van der Waals surface area contributed by atoms with E-state index >= 15 is 0 Å². The SMILES string of the molecule is COC(=O)C[C@@H](N)c1ccc(F)c(Br)c1O.Cl. The van der Waals surface area contributed by atoms with E-state index in [2.05, 4.69) is 20.7 Å². The Hall–Kier alpha value is -0.850. The molecule has 0 aliphatic heterocycles. The van der Waals surface area contributed by atoms with Crippen LogP contribution in [0.1, 0.15) is 18.0 Å². The summed E-state index contributed by atoms with van der Waals surface area (Å²) >= 11 is 2.88. The van der Waals surface area contributed by atoms with Gasteiger partial charge in [-0.1, -0.05) is 6.07 Å². The smallest absolute Gasteiger partial charge is 0.307 e. The second kappa shape index (κ2) is 6.78. The minimum absolute atomic E-state index is 0. The highest BCUT2D eigenvalue weighted by atomic mass is 79.9. The van der Waals surface area contributed by atoms with E-state index in [1.165, 1.54) is 13.2 Å². The molecule has 1 aromatic rings. The first kappa shape index (κ1) is 16.1. The summed E-state index contributed by atoms with van der Waals surface area (Å²) in [6.07, 6.45) is -0.0812. The highest BCUT2D eigenvalue weighted by molar-refractivity contribution is 9.10. The monoisotopic (exact) mass is 327 g/mol. The van der Waals surface area contributed by atoms with Crippen molar-refractivity contribution < 1.29 is 19.0 Å². The topological polar surface area (TPSA) is 72.5 Å². The van der Waals surface area contributed by atoms with Crippen LogP contribution in [0.5, 0.6) is 5.75 Å². The van der Waals surface area contributed by atoms with Crippen LogP contribution in [0, 0.1) is 5.82 Å². The van der Waals surface area contributed by atoms with Crippen molar-refractivity contribution in [3.63, 3.8) is 0 Å². The fourth-order valence-electron chi connectivity index (χ4n) is 1.23. The average Bonchev–Trinajstić information content (AvgIpc) is 2.25. The van der Waals surface area contributed by atoms with Crippen molar-refractivity contribution in [2.75, 3.05) is 7.11 Å². The molecular formula is C10H12BrClFNO3. The predicted molar refractivity (Wildman–Crippen MR) is 66.6 cm³/mol. The zero-order valence-corrected chi connectivity index (χ0v) is 11.3. The average molecular weight is 329 g/mol. The van der Waals surface area contributed by atoms with Crippen LogP contribution >= 0.6 is 28.3 Å². The molecule has 0 radical (unpaired) electrons. The van der Waals surface area contributed by atoms with Gasteiger partial charge >= 0.3 is 5.97 Å². The number of aromatic hydroxyl groups is 1. The first-order valence-electron chi connectivity index (χ1n) is 4.46. The van der Waals surface area contributed by atoms with Crippen LogP contribution in [-0.2, 0) is 9.53 Å². The van der Waals surface area contributed by atoms with Crippen LogP contribution in [0.4, 0.5) is 4.39 Å². The molecule has 1 rings (SSSR count). The van der Waals surface area contributed by atoms with Gasteiger partial charge in [-0.2, -0.15) is 0 Å². The van der Waals surface area contributed by atoms with Crippen LogP contribution in [0.15, 0.2) is 16.6 Å². The molecule has 0 heterocycles. The van der Waals surface area contributed by atoms with Gasteiger partial charge in [0.05, 0.1) is 18.0 Å². The molecule has 0 amide bonds. The van der Waals surface area contributed by atoms with Gasteiger partial charge in [0.1, 0.15) is 11.6 Å². The molecule has 0 bridgehead atoms. The Morgan fingerprint density at radius 3 is 2.76 bits per heavy atom. The molecule has 0 spiro atoms. The molecular weight excluding hydrogens is 316 g/mol. The lowest BCUT2D eigenvalue weighted by atomic mass is 10.0. The quantitative estimate of drug-likeness (QED) is 0.835. The van der Waals surface area contributed by atoms with E-state index in [-0.39, 0.29) is 29.1 Å². The van der Waals surface area contributed by atoms with Gasteiger partial charge in [-0.05, 0) is 22.0 Å². The van der Waals surface area contributed by atoms with E-state index in [1.807, 2.05) is 0 Å². The summed E-state index contributed by atoms with van der Waals surface area (Å²) in [4.78, 5) is 11.0. The fraction of sp³-hybridized carbons (Fsp3) is 0.300. The number of carbonyl (C=O) groups is 1. The minimum atomic E-state index is -0.732. The zero-order chi connectivity index (χ0) is 12.3. The zero-order valence-electron chi connectivity index (χ0n) is 8.94. The van der Waals surface area contributed by atoms with Crippen molar-refractivity contribution in [2.45, 2.75) is 12.5 Å². The van der Waals surface area contributed by atoms with Gasteiger partial charge in [0.25, 0.3) is 0 Å². The van der Waals surface area contributed by atoms with Crippen molar-refractivity contribution in [2.24, 2.45) is 5.73 Å². The Morgan fingerprint density at radius 2 is 2.24 bits per heavy atom. The van der Waals surface area contributed by atoms with Crippen LogP contribution in [0.25, 0.3) is 0 Å². The molecule has 4 nitrogen and oxygen atoms in total. The lowest BCUT2D eigenvalue weighted by Crippen LogP contribution is -2.16. The summed E-state index contributed by atoms with van der Waals surface area (Å²) in [6.45, 7) is 0. The number of rotatable bonds is 3. The maximum absolute atomic E-state index is 13.0. The van der Waals surface area contributed by atoms with Gasteiger partial charge < -0.3 is 15.6 Å². The number of benzene rings is 1. The Morgan fingerprint density at radius 1 is 1.65 bits per heavy atom. The van der Waals surface area contributed by atoms with E-state index in [0.717, 1.165) is 6.07 Å². The van der Waals surface area contributed by atoms with Crippen LogP contribution < -0.4 is 5.73 Å². The summed E-state index contributed by atoms with van der Waals surface area (Å²) < 4.78 is 17.4. The maximum atomic E-state index is 13.0. The number of methoxy groups -OCH3 is 1. The van der Waals surface area contributed by atoms with E-state index in [4.69, 9.17) is 5.73 Å². The van der Waals surface area contributed by atoms with E-state index in [0.29, 0.717) is 5.56 Å². The second-order valence-electron chi connectivity index (χ2n) is 3.19. The molecule has 7 heteroatoms. The van der Waals surface area contributed by atoms with E-state index in [9.17, 15) is 14.3 Å². The molecule has 3 N–H and O–H groups in total. The molecule has 1 atom stereocenters. The highest BCUT2D eigenvalue weighted by Gasteiger charge is 2.18. The highest BCUT2D eigenvalue weighted by Crippen LogP contribution is 2.34. The van der Waals surface area contributed by atoms with Gasteiger partial charge in [0.2, 0.25) is 0 Å². The van der Waals surface area contributed by atoms with E-state index in [1.54, 1.807) is 0 Å².